The number of ether oxygens (including phenoxy) is 2. The predicted molar refractivity (Wildman–Crippen MR) is 196 cm³/mol. The predicted octanol–water partition coefficient (Wildman–Crippen LogP) is 7.81. The molecule has 9 nitrogen and oxygen atoms in total. The maximum absolute atomic E-state index is 13.7. The fourth-order valence-corrected chi connectivity index (χ4v) is 6.42. The molecule has 2 aromatic heterocycles. The van der Waals surface area contributed by atoms with Crippen molar-refractivity contribution in [3.05, 3.63) is 102 Å². The molecule has 1 aliphatic rings. The molecular weight excluding hydrogens is 614 g/mol. The van der Waals surface area contributed by atoms with Crippen molar-refractivity contribution < 1.29 is 19.1 Å². The van der Waals surface area contributed by atoms with E-state index in [0.717, 1.165) is 59.8 Å². The van der Waals surface area contributed by atoms with Gasteiger partial charge in [0.15, 0.2) is 0 Å². The molecule has 2 aromatic carbocycles. The summed E-state index contributed by atoms with van der Waals surface area (Å²) in [6, 6.07) is 14.5. The van der Waals surface area contributed by atoms with Crippen LogP contribution in [-0.2, 0) is 22.6 Å². The Hall–Kier alpha value is -4.63. The summed E-state index contributed by atoms with van der Waals surface area (Å²) in [7, 11) is 3.46. The lowest BCUT2D eigenvalue weighted by atomic mass is 9.97. The lowest BCUT2D eigenvalue weighted by molar-refractivity contribution is 0.0744. The van der Waals surface area contributed by atoms with Crippen LogP contribution in [0.5, 0.6) is 0 Å². The topological polar surface area (TPSA) is 81.8 Å². The zero-order chi connectivity index (χ0) is 34.8. The highest BCUT2D eigenvalue weighted by atomic mass is 16.6. The SMILES string of the molecule is COCCN(C)C(=O)c1cn(Cc2cncn2CC2CCN(C(=O)OC/C=C(\C)CCC=C(C)C)CC2)cc1-c1cccc2ccccc12. The van der Waals surface area contributed by atoms with Gasteiger partial charge in [-0.15, -0.1) is 0 Å². The minimum Gasteiger partial charge on any atom is -0.445 e. The van der Waals surface area contributed by atoms with Gasteiger partial charge in [0, 0.05) is 64.5 Å². The van der Waals surface area contributed by atoms with Crippen LogP contribution >= 0.6 is 0 Å². The molecule has 1 aliphatic heterocycles. The first-order valence-corrected chi connectivity index (χ1v) is 17.4. The molecular formula is C40H51N5O4. The summed E-state index contributed by atoms with van der Waals surface area (Å²) in [4.78, 5) is 34.5. The van der Waals surface area contributed by atoms with Crippen LogP contribution in [0.15, 0.2) is 90.7 Å². The van der Waals surface area contributed by atoms with E-state index in [1.54, 1.807) is 12.0 Å². The number of amides is 2. The molecule has 0 spiro atoms. The van der Waals surface area contributed by atoms with E-state index in [1.807, 2.05) is 54.9 Å². The number of hydrogen-bond acceptors (Lipinski definition) is 5. The Morgan fingerprint density at radius 1 is 1.00 bits per heavy atom. The van der Waals surface area contributed by atoms with Crippen molar-refractivity contribution in [1.82, 2.24) is 23.9 Å². The molecule has 0 bridgehead atoms. The summed E-state index contributed by atoms with van der Waals surface area (Å²) < 4.78 is 15.1. The second-order valence-electron chi connectivity index (χ2n) is 13.4. The van der Waals surface area contributed by atoms with E-state index < -0.39 is 0 Å². The number of methoxy groups -OCH3 is 1. The lowest BCUT2D eigenvalue weighted by Crippen LogP contribution is -2.39. The average Bonchev–Trinajstić information content (AvgIpc) is 3.73. The van der Waals surface area contributed by atoms with Gasteiger partial charge in [0.2, 0.25) is 0 Å². The maximum Gasteiger partial charge on any atom is 0.410 e. The van der Waals surface area contributed by atoms with E-state index in [0.29, 0.717) is 50.9 Å². The van der Waals surface area contributed by atoms with E-state index in [1.165, 1.54) is 11.1 Å². The highest BCUT2D eigenvalue weighted by Crippen LogP contribution is 2.33. The largest absolute Gasteiger partial charge is 0.445 e. The number of rotatable bonds is 14. The average molecular weight is 666 g/mol. The first-order valence-electron chi connectivity index (χ1n) is 17.4. The molecule has 0 atom stereocenters. The van der Waals surface area contributed by atoms with E-state index in [9.17, 15) is 9.59 Å². The molecule has 0 N–H and O–H groups in total. The fraction of sp³-hybridized carbons (Fsp3) is 0.425. The first-order chi connectivity index (χ1) is 23.7. The molecule has 49 heavy (non-hydrogen) atoms. The summed E-state index contributed by atoms with van der Waals surface area (Å²) in [5, 5.41) is 2.24. The van der Waals surface area contributed by atoms with Crippen molar-refractivity contribution in [2.75, 3.05) is 47.0 Å². The van der Waals surface area contributed by atoms with E-state index in [-0.39, 0.29) is 12.0 Å². The minimum absolute atomic E-state index is 0.0387. The zero-order valence-corrected chi connectivity index (χ0v) is 29.7. The Labute approximate surface area is 290 Å². The van der Waals surface area contributed by atoms with Crippen LogP contribution in [0.25, 0.3) is 21.9 Å². The third-order valence-corrected chi connectivity index (χ3v) is 9.37. The number of allylic oxidation sites excluding steroid dienone is 3. The molecule has 1 fully saturated rings. The van der Waals surface area contributed by atoms with Crippen LogP contribution in [0.1, 0.15) is 62.5 Å². The molecule has 9 heteroatoms. The van der Waals surface area contributed by atoms with Crippen molar-refractivity contribution in [3.63, 3.8) is 0 Å². The Balaban J connectivity index is 1.23. The molecule has 0 saturated carbocycles. The normalized spacial score (nSPS) is 13.9. The third kappa shape index (κ3) is 9.50. The van der Waals surface area contributed by atoms with E-state index in [2.05, 4.69) is 71.4 Å². The number of benzene rings is 2. The van der Waals surface area contributed by atoms with Gasteiger partial charge in [-0.1, -0.05) is 59.7 Å². The number of carbonyl (C=O) groups is 2. The first kappa shape index (κ1) is 35.7. The Bertz CT molecular complexity index is 1770. The van der Waals surface area contributed by atoms with Gasteiger partial charge in [0.25, 0.3) is 5.91 Å². The monoisotopic (exact) mass is 665 g/mol. The molecule has 0 unspecified atom stereocenters. The van der Waals surface area contributed by atoms with Crippen molar-refractivity contribution in [3.8, 4) is 11.1 Å². The molecule has 0 aliphatic carbocycles. The number of imidazole rings is 1. The van der Waals surface area contributed by atoms with Gasteiger partial charge in [-0.3, -0.25) is 4.79 Å². The summed E-state index contributed by atoms with van der Waals surface area (Å²) >= 11 is 0. The number of piperidine rings is 1. The van der Waals surface area contributed by atoms with Crippen LogP contribution in [0, 0.1) is 5.92 Å². The summed E-state index contributed by atoms with van der Waals surface area (Å²) in [6.45, 7) is 10.4. The standard InChI is InChI=1S/C40H51N5O4/c1-30(2)10-8-11-31(3)18-22-49-40(47)44-19-16-32(17-20-44)25-45-29-41-24-34(45)26-43-27-37(38(28-43)39(46)42(4)21-23-48-5)36-15-9-13-33-12-6-7-14-35(33)36/h6-7,9-10,12-15,18,24,27-29,32H,8,11,16-17,19-23,25-26H2,1-5H3/b31-18+. The summed E-state index contributed by atoms with van der Waals surface area (Å²) in [5.41, 5.74) is 6.23. The van der Waals surface area contributed by atoms with Gasteiger partial charge in [0.05, 0.1) is 30.7 Å². The third-order valence-electron chi connectivity index (χ3n) is 9.37. The highest BCUT2D eigenvalue weighted by Gasteiger charge is 2.25. The van der Waals surface area contributed by atoms with Gasteiger partial charge in [-0.05, 0) is 74.8 Å². The Morgan fingerprint density at radius 2 is 1.78 bits per heavy atom. The van der Waals surface area contributed by atoms with Crippen molar-refractivity contribution >= 4 is 22.8 Å². The highest BCUT2D eigenvalue weighted by molar-refractivity contribution is 6.06. The number of fused-ring (bicyclic) bond motifs is 1. The number of likely N-dealkylation sites (N-methyl/N-ethyl adjacent to an activating group) is 1. The van der Waals surface area contributed by atoms with Gasteiger partial charge in [0.1, 0.15) is 6.61 Å². The summed E-state index contributed by atoms with van der Waals surface area (Å²) in [5.74, 6) is 0.389. The number of nitrogens with zero attached hydrogens (tertiary/aromatic N) is 5. The lowest BCUT2D eigenvalue weighted by Gasteiger charge is -2.31. The smallest absolute Gasteiger partial charge is 0.410 e. The second-order valence-corrected chi connectivity index (χ2v) is 13.4. The molecule has 0 radical (unpaired) electrons. The number of likely N-dealkylation sites (tertiary alicyclic amines) is 1. The molecule has 260 valence electrons. The van der Waals surface area contributed by atoms with Crippen molar-refractivity contribution in [2.24, 2.45) is 5.92 Å². The number of aromatic nitrogens is 3. The minimum atomic E-state index is -0.233. The quantitative estimate of drug-likeness (QED) is 0.128. The van der Waals surface area contributed by atoms with E-state index >= 15 is 0 Å². The van der Waals surface area contributed by atoms with Crippen LogP contribution in [0.2, 0.25) is 0 Å². The fourth-order valence-electron chi connectivity index (χ4n) is 6.42. The van der Waals surface area contributed by atoms with Crippen LogP contribution < -0.4 is 0 Å². The van der Waals surface area contributed by atoms with Gasteiger partial charge < -0.3 is 28.4 Å². The van der Waals surface area contributed by atoms with Gasteiger partial charge in [-0.2, -0.15) is 0 Å². The zero-order valence-electron chi connectivity index (χ0n) is 29.7. The molecule has 5 rings (SSSR count). The van der Waals surface area contributed by atoms with Crippen LogP contribution in [0.3, 0.4) is 0 Å². The molecule has 4 aromatic rings. The number of hydrogen-bond donors (Lipinski definition) is 0. The Morgan fingerprint density at radius 3 is 2.55 bits per heavy atom. The van der Waals surface area contributed by atoms with Crippen molar-refractivity contribution in [1.29, 1.82) is 0 Å². The summed E-state index contributed by atoms with van der Waals surface area (Å²) in [6.07, 6.45) is 15.7. The van der Waals surface area contributed by atoms with Crippen molar-refractivity contribution in [2.45, 2.75) is 59.5 Å². The van der Waals surface area contributed by atoms with Gasteiger partial charge in [-0.25, -0.2) is 9.78 Å². The molecule has 3 heterocycles. The Kier molecular flexibility index (Phi) is 12.5. The second kappa shape index (κ2) is 17.2. The molecule has 1 saturated heterocycles. The number of carbonyl (C=O) groups excluding carboxylic acids is 2. The molecule has 2 amide bonds. The van der Waals surface area contributed by atoms with Gasteiger partial charge >= 0.3 is 6.09 Å². The van der Waals surface area contributed by atoms with Crippen LogP contribution in [0.4, 0.5) is 4.79 Å². The van der Waals surface area contributed by atoms with Crippen LogP contribution in [-0.4, -0.2) is 82.9 Å². The maximum atomic E-state index is 13.7. The van der Waals surface area contributed by atoms with E-state index in [4.69, 9.17) is 9.47 Å².